The predicted molar refractivity (Wildman–Crippen MR) is 48.3 cm³/mol. The Bertz CT molecular complexity index is 264. The average molecular weight is 200 g/mol. The molecule has 78 valence electrons. The summed E-state index contributed by atoms with van der Waals surface area (Å²) in [6.07, 6.45) is 3.56. The van der Waals surface area contributed by atoms with Crippen LogP contribution in [0.2, 0.25) is 0 Å². The number of allylic oxidation sites excluding steroid dienone is 1. The molecule has 0 heterocycles. The van der Waals surface area contributed by atoms with Gasteiger partial charge in [-0.05, 0) is 6.08 Å². The Kier molecular flexibility index (Phi) is 5.85. The first-order chi connectivity index (χ1) is 6.63. The number of hydrogen-bond donors (Lipinski definition) is 0. The van der Waals surface area contributed by atoms with Gasteiger partial charge in [-0.1, -0.05) is 0 Å². The Hall–Kier alpha value is -1.78. The molecule has 0 aliphatic carbocycles. The van der Waals surface area contributed by atoms with E-state index in [-0.39, 0.29) is 5.76 Å². The van der Waals surface area contributed by atoms with Crippen LogP contribution < -0.4 is 0 Å². The van der Waals surface area contributed by atoms with E-state index in [9.17, 15) is 9.59 Å². The SMILES string of the molecule is COC(=O)/C=C(/C=C/C(=O)OC)OC. The van der Waals surface area contributed by atoms with E-state index in [1.165, 1.54) is 27.4 Å². The van der Waals surface area contributed by atoms with Crippen molar-refractivity contribution in [3.8, 4) is 0 Å². The number of methoxy groups -OCH3 is 3. The monoisotopic (exact) mass is 200 g/mol. The quantitative estimate of drug-likeness (QED) is 0.285. The molecule has 0 amide bonds. The summed E-state index contributed by atoms with van der Waals surface area (Å²) in [5.74, 6) is -0.878. The Morgan fingerprint density at radius 2 is 1.43 bits per heavy atom. The molecule has 0 aromatic rings. The van der Waals surface area contributed by atoms with E-state index < -0.39 is 11.9 Å². The first-order valence-corrected chi connectivity index (χ1v) is 3.73. The van der Waals surface area contributed by atoms with Crippen molar-refractivity contribution in [2.24, 2.45) is 0 Å². The summed E-state index contributed by atoms with van der Waals surface area (Å²) in [6, 6.07) is 0. The third kappa shape index (κ3) is 4.97. The van der Waals surface area contributed by atoms with Crippen LogP contribution in [-0.2, 0) is 23.8 Å². The minimum atomic E-state index is -0.559. The van der Waals surface area contributed by atoms with Gasteiger partial charge < -0.3 is 14.2 Å². The summed E-state index contributed by atoms with van der Waals surface area (Å²) >= 11 is 0. The second-order valence-corrected chi connectivity index (χ2v) is 2.13. The van der Waals surface area contributed by atoms with Crippen LogP contribution in [0.25, 0.3) is 0 Å². The van der Waals surface area contributed by atoms with Crippen LogP contribution in [0.3, 0.4) is 0 Å². The highest BCUT2D eigenvalue weighted by molar-refractivity contribution is 5.85. The van der Waals surface area contributed by atoms with Crippen LogP contribution in [-0.4, -0.2) is 33.3 Å². The molecule has 0 unspecified atom stereocenters. The molecule has 0 aliphatic heterocycles. The van der Waals surface area contributed by atoms with Gasteiger partial charge in [0, 0.05) is 6.08 Å². The number of ether oxygens (including phenoxy) is 3. The van der Waals surface area contributed by atoms with Gasteiger partial charge in [0.15, 0.2) is 0 Å². The lowest BCUT2D eigenvalue weighted by Crippen LogP contribution is -1.98. The van der Waals surface area contributed by atoms with Crippen molar-refractivity contribution in [1.82, 2.24) is 0 Å². The summed E-state index contributed by atoms with van der Waals surface area (Å²) in [5.41, 5.74) is 0. The molecule has 0 spiro atoms. The largest absolute Gasteiger partial charge is 0.496 e. The third-order valence-electron chi connectivity index (χ3n) is 1.28. The molecular weight excluding hydrogens is 188 g/mol. The molecule has 14 heavy (non-hydrogen) atoms. The zero-order chi connectivity index (χ0) is 11.0. The molecule has 0 N–H and O–H groups in total. The summed E-state index contributed by atoms with van der Waals surface area (Å²) < 4.78 is 13.5. The number of esters is 2. The number of hydrogen-bond acceptors (Lipinski definition) is 5. The van der Waals surface area contributed by atoms with Crippen LogP contribution >= 0.6 is 0 Å². The Morgan fingerprint density at radius 3 is 1.86 bits per heavy atom. The normalized spacial score (nSPS) is 11.2. The lowest BCUT2D eigenvalue weighted by atomic mass is 10.4. The molecule has 0 aliphatic rings. The van der Waals surface area contributed by atoms with Crippen molar-refractivity contribution in [2.75, 3.05) is 21.3 Å². The van der Waals surface area contributed by atoms with Crippen molar-refractivity contribution in [3.63, 3.8) is 0 Å². The highest BCUT2D eigenvalue weighted by Gasteiger charge is 1.99. The Morgan fingerprint density at radius 1 is 0.857 bits per heavy atom. The van der Waals surface area contributed by atoms with E-state index in [1.807, 2.05) is 0 Å². The van der Waals surface area contributed by atoms with Crippen molar-refractivity contribution in [3.05, 3.63) is 24.0 Å². The van der Waals surface area contributed by atoms with Crippen molar-refractivity contribution in [1.29, 1.82) is 0 Å². The van der Waals surface area contributed by atoms with Crippen LogP contribution in [0.1, 0.15) is 0 Å². The second kappa shape index (κ2) is 6.71. The van der Waals surface area contributed by atoms with Gasteiger partial charge in [-0.15, -0.1) is 0 Å². The smallest absolute Gasteiger partial charge is 0.334 e. The minimum Gasteiger partial charge on any atom is -0.496 e. The Labute approximate surface area is 81.9 Å². The first-order valence-electron chi connectivity index (χ1n) is 3.73. The summed E-state index contributed by atoms with van der Waals surface area (Å²) in [6.45, 7) is 0. The first kappa shape index (κ1) is 12.2. The lowest BCUT2D eigenvalue weighted by Gasteiger charge is -1.98. The van der Waals surface area contributed by atoms with Crippen LogP contribution in [0, 0.1) is 0 Å². The van der Waals surface area contributed by atoms with E-state index in [0.29, 0.717) is 0 Å². The van der Waals surface area contributed by atoms with Gasteiger partial charge in [-0.25, -0.2) is 9.59 Å². The molecule has 5 nitrogen and oxygen atoms in total. The van der Waals surface area contributed by atoms with Crippen LogP contribution in [0.15, 0.2) is 24.0 Å². The van der Waals surface area contributed by atoms with E-state index in [0.717, 1.165) is 12.2 Å². The number of carbonyl (C=O) groups is 2. The zero-order valence-corrected chi connectivity index (χ0v) is 8.27. The molecule has 0 fully saturated rings. The van der Waals surface area contributed by atoms with Crippen molar-refractivity contribution < 1.29 is 23.8 Å². The molecule has 0 bridgehead atoms. The van der Waals surface area contributed by atoms with Gasteiger partial charge >= 0.3 is 11.9 Å². The van der Waals surface area contributed by atoms with Crippen LogP contribution in [0.4, 0.5) is 0 Å². The van der Waals surface area contributed by atoms with Crippen molar-refractivity contribution in [2.45, 2.75) is 0 Å². The van der Waals surface area contributed by atoms with E-state index in [4.69, 9.17) is 4.74 Å². The third-order valence-corrected chi connectivity index (χ3v) is 1.28. The van der Waals surface area contributed by atoms with E-state index in [1.54, 1.807) is 0 Å². The molecule has 0 aromatic heterocycles. The number of rotatable bonds is 4. The molecule has 5 heteroatoms. The maximum absolute atomic E-state index is 10.8. The fourth-order valence-electron chi connectivity index (χ4n) is 0.568. The minimum absolute atomic E-state index is 0.210. The molecule has 0 atom stereocenters. The molecule has 0 rings (SSSR count). The van der Waals surface area contributed by atoms with Gasteiger partial charge in [0.1, 0.15) is 5.76 Å². The van der Waals surface area contributed by atoms with E-state index in [2.05, 4.69) is 9.47 Å². The Balaban J connectivity index is 4.43. The second-order valence-electron chi connectivity index (χ2n) is 2.13. The summed E-state index contributed by atoms with van der Waals surface area (Å²) in [7, 11) is 3.87. The highest BCUT2D eigenvalue weighted by Crippen LogP contribution is 1.98. The fourth-order valence-corrected chi connectivity index (χ4v) is 0.568. The molecular formula is C9H12O5. The lowest BCUT2D eigenvalue weighted by molar-refractivity contribution is -0.136. The standard InChI is InChI=1S/C9H12O5/c1-12-7(6-9(11)14-3)4-5-8(10)13-2/h4-6H,1-3H3/b5-4+,7-6-. The molecule has 0 saturated carbocycles. The van der Waals surface area contributed by atoms with Gasteiger partial charge in [-0.3, -0.25) is 0 Å². The summed E-state index contributed by atoms with van der Waals surface area (Å²) in [4.78, 5) is 21.4. The van der Waals surface area contributed by atoms with E-state index >= 15 is 0 Å². The molecule has 0 aromatic carbocycles. The fraction of sp³-hybridized carbons (Fsp3) is 0.333. The van der Waals surface area contributed by atoms with Gasteiger partial charge in [0.25, 0.3) is 0 Å². The van der Waals surface area contributed by atoms with Gasteiger partial charge in [0.05, 0.1) is 27.4 Å². The van der Waals surface area contributed by atoms with Gasteiger partial charge in [0.2, 0.25) is 0 Å². The maximum Gasteiger partial charge on any atom is 0.334 e. The maximum atomic E-state index is 10.8. The number of carbonyl (C=O) groups excluding carboxylic acids is 2. The average Bonchev–Trinajstić information content (AvgIpc) is 2.22. The molecule has 0 saturated heterocycles. The predicted octanol–water partition coefficient (Wildman–Crippen LogP) is 0.419. The highest BCUT2D eigenvalue weighted by atomic mass is 16.5. The van der Waals surface area contributed by atoms with Crippen molar-refractivity contribution >= 4 is 11.9 Å². The van der Waals surface area contributed by atoms with Crippen LogP contribution in [0.5, 0.6) is 0 Å². The summed E-state index contributed by atoms with van der Waals surface area (Å²) in [5, 5.41) is 0. The molecule has 0 radical (unpaired) electrons. The zero-order valence-electron chi connectivity index (χ0n) is 8.27. The van der Waals surface area contributed by atoms with Gasteiger partial charge in [-0.2, -0.15) is 0 Å². The topological polar surface area (TPSA) is 61.8 Å².